The first-order valence-corrected chi connectivity index (χ1v) is 9.42. The van der Waals surface area contributed by atoms with Crippen LogP contribution in [0.4, 0.5) is 4.39 Å². The summed E-state index contributed by atoms with van der Waals surface area (Å²) in [4.78, 5) is 0. The molecule has 22 heavy (non-hydrogen) atoms. The number of sulfonamides is 1. The highest BCUT2D eigenvalue weighted by Crippen LogP contribution is 2.49. The Morgan fingerprint density at radius 2 is 2.05 bits per heavy atom. The molecule has 0 radical (unpaired) electrons. The summed E-state index contributed by atoms with van der Waals surface area (Å²) in [6.07, 6.45) is 4.64. The molecule has 1 aromatic rings. The lowest BCUT2D eigenvalue weighted by Crippen LogP contribution is -2.44. The molecule has 0 amide bonds. The fourth-order valence-corrected chi connectivity index (χ4v) is 4.64. The van der Waals surface area contributed by atoms with E-state index in [0.29, 0.717) is 17.7 Å². The number of hydrogen-bond acceptors (Lipinski definition) is 3. The zero-order valence-corrected chi connectivity index (χ0v) is 13.8. The molecule has 1 fully saturated rings. The lowest BCUT2D eigenvalue weighted by atomic mass is 9.86. The number of nitrogens with zero attached hydrogens (tertiary/aromatic N) is 1. The average molecular weight is 327 g/mol. The number of benzene rings is 1. The molecule has 0 aromatic heterocycles. The van der Waals surface area contributed by atoms with E-state index in [1.807, 2.05) is 0 Å². The van der Waals surface area contributed by atoms with E-state index in [2.05, 4.69) is 0 Å². The average Bonchev–Trinajstić information content (AvgIpc) is 2.94. The highest BCUT2D eigenvalue weighted by molar-refractivity contribution is 7.89. The third-order valence-corrected chi connectivity index (χ3v) is 6.84. The van der Waals surface area contributed by atoms with Gasteiger partial charge < -0.3 is 4.74 Å². The maximum atomic E-state index is 13.7. The molecule has 4 nitrogen and oxygen atoms in total. The van der Waals surface area contributed by atoms with Gasteiger partial charge in [-0.05, 0) is 50.8 Å². The molecule has 1 aliphatic heterocycles. The SMILES string of the molecule is CCS(=O)(=O)N(C)C1CC2(CCCC2)Oc2ccc(F)cc21. The summed E-state index contributed by atoms with van der Waals surface area (Å²) in [5.74, 6) is 0.299. The molecule has 2 aliphatic rings. The van der Waals surface area contributed by atoms with Gasteiger partial charge in [0, 0.05) is 19.0 Å². The molecule has 1 unspecified atom stereocenters. The van der Waals surface area contributed by atoms with Gasteiger partial charge in [0.05, 0.1) is 11.8 Å². The van der Waals surface area contributed by atoms with E-state index in [1.165, 1.54) is 16.4 Å². The smallest absolute Gasteiger partial charge is 0.214 e. The van der Waals surface area contributed by atoms with Crippen molar-refractivity contribution in [3.63, 3.8) is 0 Å². The molecule has 6 heteroatoms. The van der Waals surface area contributed by atoms with E-state index in [9.17, 15) is 12.8 Å². The number of fused-ring (bicyclic) bond motifs is 1. The number of rotatable bonds is 3. The topological polar surface area (TPSA) is 46.6 Å². The zero-order valence-electron chi connectivity index (χ0n) is 13.0. The second kappa shape index (κ2) is 5.49. The predicted molar refractivity (Wildman–Crippen MR) is 82.8 cm³/mol. The van der Waals surface area contributed by atoms with Crippen molar-refractivity contribution >= 4 is 10.0 Å². The predicted octanol–water partition coefficient (Wildman–Crippen LogP) is 3.24. The van der Waals surface area contributed by atoms with Gasteiger partial charge in [0.2, 0.25) is 10.0 Å². The summed E-state index contributed by atoms with van der Waals surface area (Å²) in [6, 6.07) is 4.05. The van der Waals surface area contributed by atoms with Crippen LogP contribution < -0.4 is 4.74 Å². The van der Waals surface area contributed by atoms with Crippen molar-refractivity contribution in [1.82, 2.24) is 4.31 Å². The van der Waals surface area contributed by atoms with Gasteiger partial charge in [-0.1, -0.05) is 0 Å². The Hall–Kier alpha value is -1.14. The van der Waals surface area contributed by atoms with Gasteiger partial charge in [-0.2, -0.15) is 4.31 Å². The Morgan fingerprint density at radius 1 is 1.36 bits per heavy atom. The summed E-state index contributed by atoms with van der Waals surface area (Å²) in [5.41, 5.74) is 0.338. The molecule has 1 aliphatic carbocycles. The third-order valence-electron chi connectivity index (χ3n) is 4.98. The van der Waals surface area contributed by atoms with Crippen LogP contribution in [0, 0.1) is 5.82 Å². The highest BCUT2D eigenvalue weighted by atomic mass is 32.2. The maximum absolute atomic E-state index is 13.7. The monoisotopic (exact) mass is 327 g/mol. The summed E-state index contributed by atoms with van der Waals surface area (Å²) >= 11 is 0. The quantitative estimate of drug-likeness (QED) is 0.856. The van der Waals surface area contributed by atoms with Gasteiger partial charge in [0.15, 0.2) is 0 Å². The van der Waals surface area contributed by atoms with Crippen molar-refractivity contribution < 1.29 is 17.5 Å². The molecule has 3 rings (SSSR count). The van der Waals surface area contributed by atoms with Crippen LogP contribution in [0.3, 0.4) is 0 Å². The highest BCUT2D eigenvalue weighted by Gasteiger charge is 2.45. The first kappa shape index (κ1) is 15.7. The molecule has 122 valence electrons. The zero-order chi connectivity index (χ0) is 16.0. The summed E-state index contributed by atoms with van der Waals surface area (Å²) in [5, 5.41) is 0. The third kappa shape index (κ3) is 2.63. The van der Waals surface area contributed by atoms with E-state index < -0.39 is 10.0 Å². The van der Waals surface area contributed by atoms with E-state index >= 15 is 0 Å². The van der Waals surface area contributed by atoms with Crippen LogP contribution in [0.5, 0.6) is 5.75 Å². The lowest BCUT2D eigenvalue weighted by Gasteiger charge is -2.42. The van der Waals surface area contributed by atoms with E-state index in [0.717, 1.165) is 25.7 Å². The fraction of sp³-hybridized carbons (Fsp3) is 0.625. The normalized spacial score (nSPS) is 23.5. The van der Waals surface area contributed by atoms with Crippen LogP contribution in [0.1, 0.15) is 50.6 Å². The molecule has 0 N–H and O–H groups in total. The van der Waals surface area contributed by atoms with Gasteiger partial charge in [-0.15, -0.1) is 0 Å². The van der Waals surface area contributed by atoms with Crippen molar-refractivity contribution in [1.29, 1.82) is 0 Å². The van der Waals surface area contributed by atoms with Gasteiger partial charge in [0.25, 0.3) is 0 Å². The Kier molecular flexibility index (Phi) is 3.93. The molecular formula is C16H22FNO3S. The molecule has 0 saturated heterocycles. The molecule has 1 spiro atoms. The van der Waals surface area contributed by atoms with Crippen molar-refractivity contribution in [2.45, 2.75) is 50.7 Å². The van der Waals surface area contributed by atoms with Crippen molar-refractivity contribution in [3.8, 4) is 5.75 Å². The second-order valence-electron chi connectivity index (χ2n) is 6.31. The Labute approximate surface area is 131 Å². The van der Waals surface area contributed by atoms with Gasteiger partial charge >= 0.3 is 0 Å². The largest absolute Gasteiger partial charge is 0.487 e. The second-order valence-corrected chi connectivity index (χ2v) is 8.63. The van der Waals surface area contributed by atoms with Crippen molar-refractivity contribution in [2.75, 3.05) is 12.8 Å². The summed E-state index contributed by atoms with van der Waals surface area (Å²) in [6.45, 7) is 1.63. The minimum atomic E-state index is -3.34. The van der Waals surface area contributed by atoms with Crippen LogP contribution >= 0.6 is 0 Å². The Bertz CT molecular complexity index is 668. The number of ether oxygens (including phenoxy) is 1. The Balaban J connectivity index is 2.05. The van der Waals surface area contributed by atoms with E-state index in [-0.39, 0.29) is 23.2 Å². The Morgan fingerprint density at radius 3 is 2.68 bits per heavy atom. The summed E-state index contributed by atoms with van der Waals surface area (Å²) < 4.78 is 45.8. The first-order valence-electron chi connectivity index (χ1n) is 7.81. The van der Waals surface area contributed by atoms with Gasteiger partial charge in [0.1, 0.15) is 17.2 Å². The van der Waals surface area contributed by atoms with E-state index in [4.69, 9.17) is 4.74 Å². The van der Waals surface area contributed by atoms with Crippen LogP contribution in [0.15, 0.2) is 18.2 Å². The summed E-state index contributed by atoms with van der Waals surface area (Å²) in [7, 11) is -1.75. The minimum absolute atomic E-state index is 0.0402. The van der Waals surface area contributed by atoms with Crippen molar-refractivity contribution in [2.24, 2.45) is 0 Å². The van der Waals surface area contributed by atoms with Crippen molar-refractivity contribution in [3.05, 3.63) is 29.6 Å². The van der Waals surface area contributed by atoms with Gasteiger partial charge in [-0.3, -0.25) is 0 Å². The van der Waals surface area contributed by atoms with E-state index in [1.54, 1.807) is 20.0 Å². The molecule has 1 aromatic carbocycles. The molecule has 1 heterocycles. The first-order chi connectivity index (χ1) is 10.4. The minimum Gasteiger partial charge on any atom is -0.487 e. The van der Waals surface area contributed by atoms with Crippen LogP contribution in [-0.2, 0) is 10.0 Å². The molecule has 1 saturated carbocycles. The number of halogens is 1. The van der Waals surface area contributed by atoms with Crippen LogP contribution in [0.25, 0.3) is 0 Å². The van der Waals surface area contributed by atoms with Gasteiger partial charge in [-0.25, -0.2) is 12.8 Å². The number of hydrogen-bond donors (Lipinski definition) is 0. The fourth-order valence-electron chi connectivity index (χ4n) is 3.66. The van der Waals surface area contributed by atoms with Crippen LogP contribution in [0.2, 0.25) is 0 Å². The van der Waals surface area contributed by atoms with Crippen LogP contribution in [-0.4, -0.2) is 31.1 Å². The molecule has 1 atom stereocenters. The molecule has 0 bridgehead atoms. The maximum Gasteiger partial charge on any atom is 0.214 e. The lowest BCUT2D eigenvalue weighted by molar-refractivity contribution is 0.0263. The standard InChI is InChI=1S/C16H22FNO3S/c1-3-22(19,20)18(2)14-11-16(8-4-5-9-16)21-15-7-6-12(17)10-13(14)15/h6-7,10,14H,3-5,8-9,11H2,1-2H3. The molecular weight excluding hydrogens is 305 g/mol.